The number of halogens is 2. The Hall–Kier alpha value is -2.94. The maximum Gasteiger partial charge on any atom is 0.230 e. The van der Waals surface area contributed by atoms with Gasteiger partial charge in [-0.1, -0.05) is 17.8 Å². The number of rotatable bonds is 7. The molecular formula is C20H20F2N4O2S. The molecule has 0 aliphatic carbocycles. The summed E-state index contributed by atoms with van der Waals surface area (Å²) in [5.41, 5.74) is 1.07. The molecule has 152 valence electrons. The highest BCUT2D eigenvalue weighted by molar-refractivity contribution is 7.99. The number of aromatic nitrogens is 3. The van der Waals surface area contributed by atoms with Crippen LogP contribution in [0.3, 0.4) is 0 Å². The van der Waals surface area contributed by atoms with Gasteiger partial charge in [-0.05, 0) is 44.2 Å². The summed E-state index contributed by atoms with van der Waals surface area (Å²) in [7, 11) is 1.59. The number of carbonyl (C=O) groups is 1. The maximum atomic E-state index is 13.9. The molecule has 0 bridgehead atoms. The zero-order valence-electron chi connectivity index (χ0n) is 16.1. The average molecular weight is 418 g/mol. The molecule has 1 unspecified atom stereocenters. The minimum absolute atomic E-state index is 0.0709. The molecule has 1 aromatic heterocycles. The van der Waals surface area contributed by atoms with Crippen LogP contribution in [0.15, 0.2) is 47.6 Å². The van der Waals surface area contributed by atoms with Crippen molar-refractivity contribution in [2.24, 2.45) is 0 Å². The third kappa shape index (κ3) is 4.92. The van der Waals surface area contributed by atoms with Crippen molar-refractivity contribution < 1.29 is 18.3 Å². The Balaban J connectivity index is 1.66. The van der Waals surface area contributed by atoms with Crippen molar-refractivity contribution in [3.8, 4) is 11.4 Å². The van der Waals surface area contributed by atoms with Crippen LogP contribution in [0.1, 0.15) is 24.4 Å². The highest BCUT2D eigenvalue weighted by Gasteiger charge is 2.17. The van der Waals surface area contributed by atoms with E-state index >= 15 is 0 Å². The molecule has 29 heavy (non-hydrogen) atoms. The summed E-state index contributed by atoms with van der Waals surface area (Å²) in [5.74, 6) is -0.168. The molecule has 1 atom stereocenters. The fourth-order valence-corrected chi connectivity index (χ4v) is 3.62. The van der Waals surface area contributed by atoms with E-state index in [1.54, 1.807) is 14.0 Å². The monoisotopic (exact) mass is 418 g/mol. The van der Waals surface area contributed by atoms with Crippen molar-refractivity contribution in [1.82, 2.24) is 20.1 Å². The van der Waals surface area contributed by atoms with Crippen molar-refractivity contribution in [2.45, 2.75) is 25.0 Å². The molecule has 0 saturated heterocycles. The Morgan fingerprint density at radius 1 is 1.21 bits per heavy atom. The lowest BCUT2D eigenvalue weighted by atomic mass is 10.1. The predicted octanol–water partition coefficient (Wildman–Crippen LogP) is 3.83. The number of nitrogens with one attached hydrogen (secondary N) is 1. The van der Waals surface area contributed by atoms with Crippen molar-refractivity contribution in [3.63, 3.8) is 0 Å². The topological polar surface area (TPSA) is 69.0 Å². The van der Waals surface area contributed by atoms with E-state index in [4.69, 9.17) is 4.74 Å². The van der Waals surface area contributed by atoms with E-state index in [9.17, 15) is 13.6 Å². The number of hydrogen-bond acceptors (Lipinski definition) is 5. The van der Waals surface area contributed by atoms with E-state index < -0.39 is 17.7 Å². The summed E-state index contributed by atoms with van der Waals surface area (Å²) in [4.78, 5) is 12.3. The maximum absolute atomic E-state index is 13.9. The normalized spacial score (nSPS) is 11.9. The number of hydrogen-bond donors (Lipinski definition) is 1. The number of benzene rings is 2. The van der Waals surface area contributed by atoms with E-state index in [1.165, 1.54) is 17.8 Å². The molecule has 1 N–H and O–H groups in total. The molecule has 1 heterocycles. The van der Waals surface area contributed by atoms with E-state index in [2.05, 4.69) is 15.5 Å². The van der Waals surface area contributed by atoms with Gasteiger partial charge in [0.05, 0.1) is 18.9 Å². The fraction of sp³-hybridized carbons (Fsp3) is 0.250. The second kappa shape index (κ2) is 9.04. The van der Waals surface area contributed by atoms with Crippen LogP contribution >= 0.6 is 11.8 Å². The molecular weight excluding hydrogens is 398 g/mol. The zero-order chi connectivity index (χ0) is 21.0. The number of aryl methyl sites for hydroxylation is 1. The van der Waals surface area contributed by atoms with E-state index in [0.29, 0.717) is 11.0 Å². The number of nitrogens with zero attached hydrogens (tertiary/aromatic N) is 3. The molecule has 0 saturated carbocycles. The smallest absolute Gasteiger partial charge is 0.230 e. The molecule has 3 aromatic rings. The molecule has 1 amide bonds. The largest absolute Gasteiger partial charge is 0.497 e. The predicted molar refractivity (Wildman–Crippen MR) is 106 cm³/mol. The molecule has 0 fully saturated rings. The Morgan fingerprint density at radius 2 is 1.93 bits per heavy atom. The van der Waals surface area contributed by atoms with Crippen molar-refractivity contribution >= 4 is 17.7 Å². The van der Waals surface area contributed by atoms with Gasteiger partial charge in [0.1, 0.15) is 23.2 Å². The molecule has 9 heteroatoms. The fourth-order valence-electron chi connectivity index (χ4n) is 2.81. The van der Waals surface area contributed by atoms with Gasteiger partial charge in [-0.2, -0.15) is 0 Å². The van der Waals surface area contributed by atoms with E-state index in [-0.39, 0.29) is 17.2 Å². The highest BCUT2D eigenvalue weighted by atomic mass is 32.2. The molecule has 2 aromatic carbocycles. The van der Waals surface area contributed by atoms with Crippen LogP contribution in [0.5, 0.6) is 5.75 Å². The first-order valence-electron chi connectivity index (χ1n) is 8.82. The van der Waals surface area contributed by atoms with Crippen molar-refractivity contribution in [3.05, 3.63) is 65.5 Å². The molecule has 6 nitrogen and oxygen atoms in total. The first-order chi connectivity index (χ1) is 13.9. The quantitative estimate of drug-likeness (QED) is 0.591. The van der Waals surface area contributed by atoms with Crippen LogP contribution in [0, 0.1) is 18.6 Å². The van der Waals surface area contributed by atoms with Crippen molar-refractivity contribution in [2.75, 3.05) is 12.9 Å². The average Bonchev–Trinajstić information content (AvgIpc) is 3.06. The lowest BCUT2D eigenvalue weighted by Gasteiger charge is -2.15. The van der Waals surface area contributed by atoms with Crippen molar-refractivity contribution in [1.29, 1.82) is 0 Å². The molecule has 0 aliphatic rings. The first kappa shape index (κ1) is 20.8. The number of carbonyl (C=O) groups excluding carboxylic acids is 1. The Kier molecular flexibility index (Phi) is 6.48. The minimum atomic E-state index is -0.694. The third-order valence-corrected chi connectivity index (χ3v) is 5.19. The van der Waals surface area contributed by atoms with Gasteiger partial charge in [0, 0.05) is 17.3 Å². The minimum Gasteiger partial charge on any atom is -0.497 e. The van der Waals surface area contributed by atoms with Gasteiger partial charge in [0.2, 0.25) is 5.91 Å². The van der Waals surface area contributed by atoms with Crippen LogP contribution in [0.25, 0.3) is 5.69 Å². The number of amides is 1. The molecule has 0 radical (unpaired) electrons. The van der Waals surface area contributed by atoms with Gasteiger partial charge in [-0.3, -0.25) is 9.36 Å². The lowest BCUT2D eigenvalue weighted by Crippen LogP contribution is -2.28. The second-order valence-electron chi connectivity index (χ2n) is 6.31. The summed E-state index contributed by atoms with van der Waals surface area (Å²) >= 11 is 1.22. The Bertz CT molecular complexity index is 1010. The Morgan fingerprint density at radius 3 is 2.59 bits per heavy atom. The first-order valence-corrected chi connectivity index (χ1v) is 9.81. The standard InChI is InChI=1S/C20H20F2N4O2S/c1-12(17-9-4-14(21)10-18(17)22)23-19(27)11-29-20-25-24-13(2)26(20)15-5-7-16(28-3)8-6-15/h4-10,12H,11H2,1-3H3,(H,23,27). The molecule has 0 spiro atoms. The summed E-state index contributed by atoms with van der Waals surface area (Å²) in [6.07, 6.45) is 0. The molecule has 0 aliphatic heterocycles. The Labute approximate surface area is 171 Å². The summed E-state index contributed by atoms with van der Waals surface area (Å²) < 4.78 is 33.9. The van der Waals surface area contributed by atoms with Gasteiger partial charge in [-0.15, -0.1) is 10.2 Å². The van der Waals surface area contributed by atoms with Crippen LogP contribution in [0.2, 0.25) is 0 Å². The third-order valence-electron chi connectivity index (χ3n) is 4.26. The molecule has 3 rings (SSSR count). The number of ether oxygens (including phenoxy) is 1. The summed E-state index contributed by atoms with van der Waals surface area (Å²) in [6, 6.07) is 10.1. The summed E-state index contributed by atoms with van der Waals surface area (Å²) in [5, 5.41) is 11.5. The van der Waals surface area contributed by atoms with Gasteiger partial charge >= 0.3 is 0 Å². The van der Waals surface area contributed by atoms with Crippen LogP contribution < -0.4 is 10.1 Å². The van der Waals surface area contributed by atoms with E-state index in [1.807, 2.05) is 35.8 Å². The lowest BCUT2D eigenvalue weighted by molar-refractivity contribution is -0.119. The second-order valence-corrected chi connectivity index (χ2v) is 7.25. The van der Waals surface area contributed by atoms with E-state index in [0.717, 1.165) is 23.6 Å². The van der Waals surface area contributed by atoms with Crippen LogP contribution in [-0.2, 0) is 4.79 Å². The highest BCUT2D eigenvalue weighted by Crippen LogP contribution is 2.24. The van der Waals surface area contributed by atoms with Gasteiger partial charge in [0.25, 0.3) is 0 Å². The zero-order valence-corrected chi connectivity index (χ0v) is 17.0. The SMILES string of the molecule is COc1ccc(-n2c(C)nnc2SCC(=O)NC(C)c2ccc(F)cc2F)cc1. The number of thioether (sulfide) groups is 1. The van der Waals surface area contributed by atoms with Crippen LogP contribution in [0.4, 0.5) is 8.78 Å². The van der Waals surface area contributed by atoms with Gasteiger partial charge in [0.15, 0.2) is 5.16 Å². The van der Waals surface area contributed by atoms with Gasteiger partial charge in [-0.25, -0.2) is 8.78 Å². The van der Waals surface area contributed by atoms with Crippen LogP contribution in [-0.4, -0.2) is 33.5 Å². The van der Waals surface area contributed by atoms with Gasteiger partial charge < -0.3 is 10.1 Å². The number of methoxy groups -OCH3 is 1. The summed E-state index contributed by atoms with van der Waals surface area (Å²) in [6.45, 7) is 3.46.